The zero-order valence-corrected chi connectivity index (χ0v) is 13.8. The lowest BCUT2D eigenvalue weighted by molar-refractivity contribution is -0.141. The third kappa shape index (κ3) is 3.38. The van der Waals surface area contributed by atoms with Gasteiger partial charge in [-0.1, -0.05) is 25.1 Å². The Kier molecular flexibility index (Phi) is 4.53. The molecule has 0 aliphatic heterocycles. The zero-order valence-electron chi connectivity index (χ0n) is 13.8. The summed E-state index contributed by atoms with van der Waals surface area (Å²) in [6.45, 7) is 1.97. The van der Waals surface area contributed by atoms with Crippen LogP contribution in [0.1, 0.15) is 18.2 Å². The largest absolute Gasteiger partial charge is 0.496 e. The highest BCUT2D eigenvalue weighted by molar-refractivity contribution is 5.65. The lowest BCUT2D eigenvalue weighted by Crippen LogP contribution is -2.07. The van der Waals surface area contributed by atoms with E-state index in [1.54, 1.807) is 49.6 Å². The molecule has 130 valence electrons. The number of para-hydroxylation sites is 1. The van der Waals surface area contributed by atoms with Crippen LogP contribution in [0.25, 0.3) is 16.9 Å². The topological polar surface area (TPSA) is 27.1 Å². The van der Waals surface area contributed by atoms with E-state index >= 15 is 0 Å². The normalized spacial score (nSPS) is 11.6. The number of ether oxygens (including phenoxy) is 1. The van der Waals surface area contributed by atoms with Crippen molar-refractivity contribution in [2.45, 2.75) is 19.5 Å². The van der Waals surface area contributed by atoms with Gasteiger partial charge in [-0.3, -0.25) is 0 Å². The standard InChI is InChI=1S/C19H17F3N2O/c1-3-13-11-14(9-10-17(13)25-2)16-12-18(19(20,21)22)23-24(16)15-7-5-4-6-8-15/h4-12H,3H2,1-2H3. The van der Waals surface area contributed by atoms with Gasteiger partial charge in [-0.2, -0.15) is 18.3 Å². The first-order valence-corrected chi connectivity index (χ1v) is 7.84. The van der Waals surface area contributed by atoms with Crippen LogP contribution in [0.5, 0.6) is 5.75 Å². The molecular weight excluding hydrogens is 329 g/mol. The number of methoxy groups -OCH3 is 1. The van der Waals surface area contributed by atoms with Gasteiger partial charge < -0.3 is 4.74 Å². The number of benzene rings is 2. The molecule has 0 radical (unpaired) electrons. The second-order valence-corrected chi connectivity index (χ2v) is 5.54. The van der Waals surface area contributed by atoms with Gasteiger partial charge in [-0.05, 0) is 48.4 Å². The Bertz CT molecular complexity index is 870. The predicted molar refractivity (Wildman–Crippen MR) is 89.9 cm³/mol. The molecule has 0 bridgehead atoms. The Hall–Kier alpha value is -2.76. The van der Waals surface area contributed by atoms with Crippen LogP contribution >= 0.6 is 0 Å². The second-order valence-electron chi connectivity index (χ2n) is 5.54. The van der Waals surface area contributed by atoms with Gasteiger partial charge in [-0.25, -0.2) is 4.68 Å². The quantitative estimate of drug-likeness (QED) is 0.655. The molecule has 0 aliphatic rings. The molecule has 0 saturated heterocycles. The molecule has 1 aromatic heterocycles. The van der Waals surface area contributed by atoms with Gasteiger partial charge in [-0.15, -0.1) is 0 Å². The minimum absolute atomic E-state index is 0.385. The number of hydrogen-bond donors (Lipinski definition) is 0. The first-order chi connectivity index (χ1) is 11.9. The van der Waals surface area contributed by atoms with E-state index in [1.165, 1.54) is 4.68 Å². The average molecular weight is 346 g/mol. The number of aromatic nitrogens is 2. The van der Waals surface area contributed by atoms with Crippen LogP contribution in [-0.2, 0) is 12.6 Å². The molecule has 0 fully saturated rings. The van der Waals surface area contributed by atoms with Gasteiger partial charge in [0.25, 0.3) is 0 Å². The van der Waals surface area contributed by atoms with Crippen LogP contribution < -0.4 is 4.74 Å². The van der Waals surface area contributed by atoms with Crippen molar-refractivity contribution in [3.63, 3.8) is 0 Å². The first-order valence-electron chi connectivity index (χ1n) is 7.84. The van der Waals surface area contributed by atoms with E-state index in [1.807, 2.05) is 13.0 Å². The molecule has 0 spiro atoms. The third-order valence-corrected chi connectivity index (χ3v) is 3.96. The fourth-order valence-corrected chi connectivity index (χ4v) is 2.71. The summed E-state index contributed by atoms with van der Waals surface area (Å²) in [5.74, 6) is 0.716. The summed E-state index contributed by atoms with van der Waals surface area (Å²) in [5, 5.41) is 3.79. The lowest BCUT2D eigenvalue weighted by Gasteiger charge is -2.11. The maximum atomic E-state index is 13.2. The molecule has 0 amide bonds. The summed E-state index contributed by atoms with van der Waals surface area (Å²) in [6, 6.07) is 15.2. The van der Waals surface area contributed by atoms with Gasteiger partial charge in [0.1, 0.15) is 5.75 Å². The van der Waals surface area contributed by atoms with Crippen LogP contribution in [0.15, 0.2) is 54.6 Å². The molecule has 6 heteroatoms. The fourth-order valence-electron chi connectivity index (χ4n) is 2.71. The van der Waals surface area contributed by atoms with Crippen molar-refractivity contribution in [3.8, 4) is 22.7 Å². The summed E-state index contributed by atoms with van der Waals surface area (Å²) in [6.07, 6.45) is -3.79. The molecule has 3 rings (SSSR count). The van der Waals surface area contributed by atoms with Crippen LogP contribution in [0.3, 0.4) is 0 Å². The van der Waals surface area contributed by atoms with Crippen LogP contribution in [-0.4, -0.2) is 16.9 Å². The minimum atomic E-state index is -4.51. The molecule has 1 heterocycles. The van der Waals surface area contributed by atoms with E-state index in [2.05, 4.69) is 5.10 Å². The Morgan fingerprint density at radius 1 is 1.04 bits per heavy atom. The fraction of sp³-hybridized carbons (Fsp3) is 0.211. The van der Waals surface area contributed by atoms with Crippen LogP contribution in [0.2, 0.25) is 0 Å². The monoisotopic (exact) mass is 346 g/mol. The second kappa shape index (κ2) is 6.63. The molecule has 0 unspecified atom stereocenters. The maximum absolute atomic E-state index is 13.2. The average Bonchev–Trinajstić information content (AvgIpc) is 3.07. The summed E-state index contributed by atoms with van der Waals surface area (Å²) >= 11 is 0. The number of rotatable bonds is 4. The Morgan fingerprint density at radius 3 is 2.36 bits per heavy atom. The van der Waals surface area contributed by atoms with Crippen molar-refractivity contribution >= 4 is 0 Å². The molecular formula is C19H17F3N2O. The van der Waals surface area contributed by atoms with Gasteiger partial charge in [0.15, 0.2) is 5.69 Å². The van der Waals surface area contributed by atoms with Crippen molar-refractivity contribution in [2.75, 3.05) is 7.11 Å². The molecule has 0 atom stereocenters. The van der Waals surface area contributed by atoms with E-state index in [0.29, 0.717) is 29.1 Å². The Labute approximate surface area is 143 Å². The predicted octanol–water partition coefficient (Wildman–Crippen LogP) is 5.13. The van der Waals surface area contributed by atoms with Crippen LogP contribution in [0, 0.1) is 0 Å². The molecule has 3 nitrogen and oxygen atoms in total. The maximum Gasteiger partial charge on any atom is 0.435 e. The number of hydrogen-bond acceptors (Lipinski definition) is 2. The molecule has 0 saturated carbocycles. The summed E-state index contributed by atoms with van der Waals surface area (Å²) in [5.41, 5.74) is 1.62. The smallest absolute Gasteiger partial charge is 0.435 e. The molecule has 0 aliphatic carbocycles. The summed E-state index contributed by atoms with van der Waals surface area (Å²) in [7, 11) is 1.57. The highest BCUT2D eigenvalue weighted by atomic mass is 19.4. The van der Waals surface area contributed by atoms with Gasteiger partial charge in [0.2, 0.25) is 0 Å². The van der Waals surface area contributed by atoms with Crippen molar-refractivity contribution in [1.29, 1.82) is 0 Å². The van der Waals surface area contributed by atoms with Crippen molar-refractivity contribution in [1.82, 2.24) is 9.78 Å². The van der Waals surface area contributed by atoms with Gasteiger partial charge in [0.05, 0.1) is 18.5 Å². The number of aryl methyl sites for hydroxylation is 1. The Morgan fingerprint density at radius 2 is 1.76 bits per heavy atom. The van der Waals surface area contributed by atoms with E-state index in [0.717, 1.165) is 11.6 Å². The molecule has 3 aromatic rings. The van der Waals surface area contributed by atoms with Gasteiger partial charge in [0, 0.05) is 5.56 Å². The molecule has 0 N–H and O–H groups in total. The number of alkyl halides is 3. The van der Waals surface area contributed by atoms with Crippen molar-refractivity contribution in [3.05, 3.63) is 65.9 Å². The number of nitrogens with zero attached hydrogens (tertiary/aromatic N) is 2. The summed E-state index contributed by atoms with van der Waals surface area (Å²) < 4.78 is 46.2. The highest BCUT2D eigenvalue weighted by Gasteiger charge is 2.35. The van der Waals surface area contributed by atoms with E-state index in [-0.39, 0.29) is 0 Å². The SMILES string of the molecule is CCc1cc(-c2cc(C(F)(F)F)nn2-c2ccccc2)ccc1OC. The van der Waals surface area contributed by atoms with Crippen LogP contribution in [0.4, 0.5) is 13.2 Å². The third-order valence-electron chi connectivity index (χ3n) is 3.96. The van der Waals surface area contributed by atoms with E-state index in [9.17, 15) is 13.2 Å². The van der Waals surface area contributed by atoms with Gasteiger partial charge >= 0.3 is 6.18 Å². The van der Waals surface area contributed by atoms with E-state index in [4.69, 9.17) is 4.74 Å². The minimum Gasteiger partial charge on any atom is -0.496 e. The molecule has 2 aromatic carbocycles. The first kappa shape index (κ1) is 17.1. The van der Waals surface area contributed by atoms with E-state index < -0.39 is 11.9 Å². The molecule has 25 heavy (non-hydrogen) atoms. The number of halogens is 3. The zero-order chi connectivity index (χ0) is 18.0. The Balaban J connectivity index is 2.20. The van der Waals surface area contributed by atoms with Crippen molar-refractivity contribution < 1.29 is 17.9 Å². The highest BCUT2D eigenvalue weighted by Crippen LogP contribution is 2.34. The van der Waals surface area contributed by atoms with Crippen molar-refractivity contribution in [2.24, 2.45) is 0 Å². The summed E-state index contributed by atoms with van der Waals surface area (Å²) in [4.78, 5) is 0. The lowest BCUT2D eigenvalue weighted by atomic mass is 10.0.